The Morgan fingerprint density at radius 1 is 0.974 bits per heavy atom. The summed E-state index contributed by atoms with van der Waals surface area (Å²) >= 11 is 0. The number of hydrogen-bond acceptors (Lipinski definition) is 10. The van der Waals surface area contributed by atoms with Crippen LogP contribution >= 0.6 is 0 Å². The Labute approximate surface area is 221 Å². The number of hydrogen-bond donors (Lipinski definition) is 1. The van der Waals surface area contributed by atoms with Gasteiger partial charge >= 0.3 is 23.6 Å². The topological polar surface area (TPSA) is 167 Å². The van der Waals surface area contributed by atoms with Crippen molar-refractivity contribution in [3.8, 4) is 6.07 Å². The minimum absolute atomic E-state index is 0.141. The van der Waals surface area contributed by atoms with Gasteiger partial charge in [-0.3, -0.25) is 19.1 Å². The first-order valence-corrected chi connectivity index (χ1v) is 11.8. The molecule has 1 N–H and O–H groups in total. The Balaban J connectivity index is 1.80. The van der Waals surface area contributed by atoms with Crippen molar-refractivity contribution in [1.29, 1.82) is 5.26 Å². The molecule has 0 spiro atoms. The van der Waals surface area contributed by atoms with Gasteiger partial charge < -0.3 is 18.9 Å². The number of ether oxygens (including phenoxy) is 4. The van der Waals surface area contributed by atoms with Crippen LogP contribution in [0.3, 0.4) is 0 Å². The van der Waals surface area contributed by atoms with Gasteiger partial charge in [0.2, 0.25) is 6.10 Å². The highest BCUT2D eigenvalue weighted by Crippen LogP contribution is 2.40. The number of esters is 3. The van der Waals surface area contributed by atoms with Crippen LogP contribution in [0, 0.1) is 11.3 Å². The van der Waals surface area contributed by atoms with Gasteiger partial charge in [-0.05, 0) is 31.2 Å². The number of nitriles is 1. The molecule has 200 valence electrons. The van der Waals surface area contributed by atoms with Crippen molar-refractivity contribution in [2.45, 2.75) is 44.0 Å². The first kappa shape index (κ1) is 27.0. The number of carbonyl (C=O) groups excluding carboxylic acids is 3. The summed E-state index contributed by atoms with van der Waals surface area (Å²) < 4.78 is 23.4. The summed E-state index contributed by atoms with van der Waals surface area (Å²) in [5.74, 6) is -2.47. The van der Waals surface area contributed by atoms with Crippen molar-refractivity contribution >= 4 is 17.9 Å². The summed E-state index contributed by atoms with van der Waals surface area (Å²) in [4.78, 5) is 64.5. The van der Waals surface area contributed by atoms with Crippen LogP contribution in [0.4, 0.5) is 0 Å². The highest BCUT2D eigenvalue weighted by Gasteiger charge is 2.63. The van der Waals surface area contributed by atoms with E-state index >= 15 is 0 Å². The van der Waals surface area contributed by atoms with Gasteiger partial charge in [-0.15, -0.1) is 0 Å². The molecule has 1 saturated heterocycles. The smallest absolute Gasteiger partial charge is 0.338 e. The number of rotatable bonds is 7. The highest BCUT2D eigenvalue weighted by atomic mass is 16.7. The molecule has 12 nitrogen and oxygen atoms in total. The number of nitrogens with one attached hydrogen (secondary N) is 1. The fourth-order valence-electron chi connectivity index (χ4n) is 4.21. The van der Waals surface area contributed by atoms with Gasteiger partial charge in [-0.1, -0.05) is 36.4 Å². The van der Waals surface area contributed by atoms with Crippen molar-refractivity contribution in [1.82, 2.24) is 9.55 Å². The summed E-state index contributed by atoms with van der Waals surface area (Å²) in [5, 5.41) is 10.3. The molecular formula is C27H23N3O9. The lowest BCUT2D eigenvalue weighted by atomic mass is 10.00. The van der Waals surface area contributed by atoms with Crippen LogP contribution in [-0.4, -0.2) is 51.9 Å². The second kappa shape index (κ2) is 11.2. The average molecular weight is 533 g/mol. The summed E-state index contributed by atoms with van der Waals surface area (Å²) in [5.41, 5.74) is -3.85. The molecule has 1 fully saturated rings. The van der Waals surface area contributed by atoms with Crippen LogP contribution in [0.5, 0.6) is 0 Å². The molecule has 2 heterocycles. The molecule has 0 radical (unpaired) electrons. The average Bonchev–Trinajstić information content (AvgIpc) is 3.22. The first-order valence-electron chi connectivity index (χ1n) is 11.8. The summed E-state index contributed by atoms with van der Waals surface area (Å²) in [6.45, 7) is 2.49. The van der Waals surface area contributed by atoms with Crippen LogP contribution in [0.15, 0.2) is 82.5 Å². The number of nitrogens with zero attached hydrogens (tertiary/aromatic N) is 2. The second-order valence-electron chi connectivity index (χ2n) is 8.61. The third-order valence-electron chi connectivity index (χ3n) is 5.98. The van der Waals surface area contributed by atoms with Crippen LogP contribution in [-0.2, 0) is 29.5 Å². The Hall–Kier alpha value is -5.02. The molecule has 0 unspecified atom stereocenters. The second-order valence-corrected chi connectivity index (χ2v) is 8.61. The fraction of sp³-hybridized carbons (Fsp3) is 0.259. The maximum absolute atomic E-state index is 13.1. The standard InChI is InChI=1S/C27H23N3O9/c1-16(36-24(33)18-9-5-3-6-10-18)21-22(38-25(34)19-11-7-4-8-12-19)23(37-17(2)31)27(15-28,39-21)30-14-13-20(32)29-26(30)35/h3-14,16,21-23H,1-2H3,(H,29,32,35)/t16-,21-,22-,23+,27-/m1/s1. The lowest BCUT2D eigenvalue weighted by Crippen LogP contribution is -2.52. The monoisotopic (exact) mass is 533 g/mol. The number of benzene rings is 2. The number of carbonyl (C=O) groups is 3. The minimum atomic E-state index is -2.41. The van der Waals surface area contributed by atoms with Gasteiger partial charge in [0, 0.05) is 19.2 Å². The molecule has 0 bridgehead atoms. The van der Waals surface area contributed by atoms with E-state index in [1.165, 1.54) is 31.2 Å². The minimum Gasteiger partial charge on any atom is -0.456 e. The fourth-order valence-corrected chi connectivity index (χ4v) is 4.21. The Bertz CT molecular complexity index is 1530. The van der Waals surface area contributed by atoms with E-state index < -0.39 is 59.3 Å². The zero-order valence-electron chi connectivity index (χ0n) is 20.8. The van der Waals surface area contributed by atoms with Crippen LogP contribution in [0.2, 0.25) is 0 Å². The largest absolute Gasteiger partial charge is 0.456 e. The molecule has 0 aliphatic carbocycles. The molecule has 1 aliphatic rings. The third kappa shape index (κ3) is 5.48. The van der Waals surface area contributed by atoms with E-state index in [0.717, 1.165) is 23.8 Å². The zero-order valence-corrected chi connectivity index (χ0v) is 20.8. The first-order chi connectivity index (χ1) is 18.7. The lowest BCUT2D eigenvalue weighted by molar-refractivity contribution is -0.166. The SMILES string of the molecule is CC(=O)O[C@H]1[C@H](OC(=O)c2ccccc2)[C@@H]([C@@H](C)OC(=O)c2ccccc2)O[C@@]1(C#N)n1ccc(=O)[nH]c1=O. The summed E-state index contributed by atoms with van der Waals surface area (Å²) in [6, 6.07) is 18.7. The quantitative estimate of drug-likeness (QED) is 0.347. The molecule has 1 aliphatic heterocycles. The van der Waals surface area contributed by atoms with E-state index in [2.05, 4.69) is 0 Å². The summed E-state index contributed by atoms with van der Waals surface area (Å²) in [6.07, 6.45) is -4.83. The maximum atomic E-state index is 13.1. The number of aromatic nitrogens is 2. The van der Waals surface area contributed by atoms with E-state index in [1.807, 2.05) is 11.1 Å². The normalized spacial score (nSPS) is 22.7. The maximum Gasteiger partial charge on any atom is 0.338 e. The molecule has 0 saturated carbocycles. The zero-order chi connectivity index (χ0) is 28.2. The van der Waals surface area contributed by atoms with E-state index in [4.69, 9.17) is 18.9 Å². The van der Waals surface area contributed by atoms with Gasteiger partial charge in [-0.2, -0.15) is 5.26 Å². The van der Waals surface area contributed by atoms with E-state index in [0.29, 0.717) is 0 Å². The molecule has 2 aromatic carbocycles. The van der Waals surface area contributed by atoms with Gasteiger partial charge in [0.25, 0.3) is 11.3 Å². The Morgan fingerprint density at radius 2 is 1.56 bits per heavy atom. The Kier molecular flexibility index (Phi) is 7.73. The highest BCUT2D eigenvalue weighted by molar-refractivity contribution is 5.90. The molecule has 3 aromatic rings. The van der Waals surface area contributed by atoms with Crippen molar-refractivity contribution in [2.75, 3.05) is 0 Å². The molecular weight excluding hydrogens is 510 g/mol. The van der Waals surface area contributed by atoms with Gasteiger partial charge in [-0.25, -0.2) is 14.4 Å². The van der Waals surface area contributed by atoms with Crippen molar-refractivity contribution in [3.63, 3.8) is 0 Å². The molecule has 5 atom stereocenters. The van der Waals surface area contributed by atoms with Crippen LogP contribution < -0.4 is 11.2 Å². The molecule has 0 amide bonds. The van der Waals surface area contributed by atoms with Gasteiger partial charge in [0.15, 0.2) is 6.10 Å². The molecule has 12 heteroatoms. The van der Waals surface area contributed by atoms with E-state index in [9.17, 15) is 29.2 Å². The van der Waals surface area contributed by atoms with Crippen molar-refractivity contribution in [3.05, 3.63) is 105 Å². The Morgan fingerprint density at radius 3 is 2.10 bits per heavy atom. The number of aromatic amines is 1. The lowest BCUT2D eigenvalue weighted by Gasteiger charge is -2.29. The predicted octanol–water partition coefficient (Wildman–Crippen LogP) is 1.51. The molecule has 1 aromatic heterocycles. The van der Waals surface area contributed by atoms with Crippen molar-refractivity contribution < 1.29 is 33.3 Å². The van der Waals surface area contributed by atoms with Crippen LogP contribution in [0.1, 0.15) is 34.6 Å². The van der Waals surface area contributed by atoms with Crippen molar-refractivity contribution in [2.24, 2.45) is 0 Å². The van der Waals surface area contributed by atoms with Crippen LogP contribution in [0.25, 0.3) is 0 Å². The predicted molar refractivity (Wildman–Crippen MR) is 132 cm³/mol. The number of H-pyrrole nitrogens is 1. The van der Waals surface area contributed by atoms with Gasteiger partial charge in [0.05, 0.1) is 11.1 Å². The molecule has 39 heavy (non-hydrogen) atoms. The van der Waals surface area contributed by atoms with E-state index in [1.54, 1.807) is 36.4 Å². The molecule has 4 rings (SSSR count). The van der Waals surface area contributed by atoms with Gasteiger partial charge in [0.1, 0.15) is 18.3 Å². The summed E-state index contributed by atoms with van der Waals surface area (Å²) in [7, 11) is 0. The third-order valence-corrected chi connectivity index (χ3v) is 5.98. The van der Waals surface area contributed by atoms with E-state index in [-0.39, 0.29) is 11.1 Å².